The van der Waals surface area contributed by atoms with Crippen molar-refractivity contribution in [2.75, 3.05) is 26.1 Å². The van der Waals surface area contributed by atoms with E-state index in [0.29, 0.717) is 5.56 Å². The zero-order valence-corrected chi connectivity index (χ0v) is 15.3. The summed E-state index contributed by atoms with van der Waals surface area (Å²) in [6.45, 7) is 0.939. The number of methoxy groups -OCH3 is 2. The fourth-order valence-corrected chi connectivity index (χ4v) is 2.31. The van der Waals surface area contributed by atoms with E-state index in [1.807, 2.05) is 0 Å². The number of nitrogens with zero attached hydrogens (tertiary/aromatic N) is 1. The lowest BCUT2D eigenvalue weighted by atomic mass is 10.1. The molecule has 0 radical (unpaired) electrons. The van der Waals surface area contributed by atoms with Gasteiger partial charge >= 0.3 is 5.97 Å². The quantitative estimate of drug-likeness (QED) is 0.437. The minimum atomic E-state index is -1.10. The molecule has 2 rings (SSSR count). The third kappa shape index (κ3) is 4.72. The Morgan fingerprint density at radius 3 is 2.39 bits per heavy atom. The molecule has 0 fully saturated rings. The van der Waals surface area contributed by atoms with Gasteiger partial charge in [0.2, 0.25) is 0 Å². The maximum atomic E-state index is 13.3. The van der Waals surface area contributed by atoms with Crippen molar-refractivity contribution in [2.24, 2.45) is 0 Å². The first kappa shape index (κ1) is 20.6. The molecule has 0 unspecified atom stereocenters. The second-order valence-electron chi connectivity index (χ2n) is 5.57. The van der Waals surface area contributed by atoms with E-state index < -0.39 is 40.5 Å². The van der Waals surface area contributed by atoms with Crippen molar-refractivity contribution in [1.82, 2.24) is 0 Å². The summed E-state index contributed by atoms with van der Waals surface area (Å²) in [6.07, 6.45) is 0. The van der Waals surface area contributed by atoms with Gasteiger partial charge in [-0.3, -0.25) is 14.9 Å². The molecule has 2 aromatic rings. The highest BCUT2D eigenvalue weighted by Crippen LogP contribution is 2.34. The highest BCUT2D eigenvalue weighted by Gasteiger charge is 2.26. The van der Waals surface area contributed by atoms with Crippen molar-refractivity contribution in [3.05, 3.63) is 57.4 Å². The third-order valence-electron chi connectivity index (χ3n) is 3.73. The van der Waals surface area contributed by atoms with Crippen LogP contribution >= 0.6 is 0 Å². The third-order valence-corrected chi connectivity index (χ3v) is 3.73. The summed E-state index contributed by atoms with van der Waals surface area (Å²) in [5.74, 6) is -2.23. The number of esters is 1. The van der Waals surface area contributed by atoms with Crippen molar-refractivity contribution in [2.45, 2.75) is 6.92 Å². The number of hydrogen-bond acceptors (Lipinski definition) is 7. The summed E-state index contributed by atoms with van der Waals surface area (Å²) in [6, 6.07) is 5.94. The highest BCUT2D eigenvalue weighted by molar-refractivity contribution is 5.98. The number of aryl methyl sites for hydroxylation is 1. The monoisotopic (exact) mass is 392 g/mol. The fourth-order valence-electron chi connectivity index (χ4n) is 2.31. The number of carbonyl (C=O) groups excluding carboxylic acids is 2. The lowest BCUT2D eigenvalue weighted by Gasteiger charge is -2.11. The van der Waals surface area contributed by atoms with Crippen molar-refractivity contribution >= 4 is 23.3 Å². The average molecular weight is 392 g/mol. The molecule has 0 heterocycles. The van der Waals surface area contributed by atoms with Crippen LogP contribution in [0.4, 0.5) is 15.8 Å². The van der Waals surface area contributed by atoms with Gasteiger partial charge in [0.15, 0.2) is 18.1 Å². The maximum Gasteiger partial charge on any atom is 0.345 e. The molecular weight excluding hydrogens is 375 g/mol. The van der Waals surface area contributed by atoms with Gasteiger partial charge in [-0.05, 0) is 24.6 Å². The normalized spacial score (nSPS) is 10.1. The Kier molecular flexibility index (Phi) is 6.48. The van der Waals surface area contributed by atoms with Crippen molar-refractivity contribution in [1.29, 1.82) is 0 Å². The summed E-state index contributed by atoms with van der Waals surface area (Å²) in [7, 11) is 2.59. The first-order chi connectivity index (χ1) is 13.3. The van der Waals surface area contributed by atoms with Crippen LogP contribution in [0.3, 0.4) is 0 Å². The van der Waals surface area contributed by atoms with Gasteiger partial charge in [-0.2, -0.15) is 0 Å². The van der Waals surface area contributed by atoms with E-state index >= 15 is 0 Å². The molecule has 2 aromatic carbocycles. The number of rotatable bonds is 7. The summed E-state index contributed by atoms with van der Waals surface area (Å²) in [4.78, 5) is 34.7. The van der Waals surface area contributed by atoms with E-state index in [9.17, 15) is 24.1 Å². The van der Waals surface area contributed by atoms with E-state index in [0.717, 1.165) is 18.2 Å². The Balaban J connectivity index is 2.15. The van der Waals surface area contributed by atoms with Crippen LogP contribution in [0.1, 0.15) is 15.9 Å². The van der Waals surface area contributed by atoms with Crippen LogP contribution in [0, 0.1) is 22.9 Å². The van der Waals surface area contributed by atoms with Gasteiger partial charge in [0, 0.05) is 11.8 Å². The number of ether oxygens (including phenoxy) is 3. The molecule has 10 heteroatoms. The van der Waals surface area contributed by atoms with E-state index in [1.54, 1.807) is 6.92 Å². The van der Waals surface area contributed by atoms with Gasteiger partial charge in [-0.15, -0.1) is 0 Å². The zero-order valence-electron chi connectivity index (χ0n) is 15.3. The Labute approximate surface area is 159 Å². The molecule has 0 aliphatic carbocycles. The van der Waals surface area contributed by atoms with Crippen LogP contribution in [0.15, 0.2) is 30.3 Å². The SMILES string of the molecule is COc1cc(C(=O)OCC(=O)Nc2cc(F)ccc2C)c([N+](=O)[O-])cc1OC. The highest BCUT2D eigenvalue weighted by atomic mass is 19.1. The van der Waals surface area contributed by atoms with Gasteiger partial charge in [-0.1, -0.05) is 6.07 Å². The van der Waals surface area contributed by atoms with Gasteiger partial charge in [0.25, 0.3) is 11.6 Å². The average Bonchev–Trinajstić information content (AvgIpc) is 2.67. The lowest BCUT2D eigenvalue weighted by Crippen LogP contribution is -2.22. The summed E-state index contributed by atoms with van der Waals surface area (Å²) < 4.78 is 28.1. The minimum absolute atomic E-state index is 0.0603. The number of halogens is 1. The topological polar surface area (TPSA) is 117 Å². The summed E-state index contributed by atoms with van der Waals surface area (Å²) in [5.41, 5.74) is -0.142. The van der Waals surface area contributed by atoms with Gasteiger partial charge in [-0.25, -0.2) is 9.18 Å². The molecule has 0 aliphatic heterocycles. The predicted octanol–water partition coefficient (Wildman–Crippen LogP) is 2.86. The number of amides is 1. The number of carbonyl (C=O) groups is 2. The lowest BCUT2D eigenvalue weighted by molar-refractivity contribution is -0.385. The van der Waals surface area contributed by atoms with Crippen LogP contribution in [0.5, 0.6) is 11.5 Å². The van der Waals surface area contributed by atoms with E-state index in [1.165, 1.54) is 26.4 Å². The molecule has 9 nitrogen and oxygen atoms in total. The Morgan fingerprint density at radius 1 is 1.14 bits per heavy atom. The first-order valence-corrected chi connectivity index (χ1v) is 7.90. The van der Waals surface area contributed by atoms with Crippen molar-refractivity contribution in [3.63, 3.8) is 0 Å². The Hall–Kier alpha value is -3.69. The van der Waals surface area contributed by atoms with Gasteiger partial charge < -0.3 is 19.5 Å². The number of anilines is 1. The minimum Gasteiger partial charge on any atom is -0.493 e. The molecule has 0 bridgehead atoms. The van der Waals surface area contributed by atoms with Crippen LogP contribution in [0.2, 0.25) is 0 Å². The molecule has 0 aliphatic rings. The van der Waals surface area contributed by atoms with Crippen LogP contribution in [0.25, 0.3) is 0 Å². The molecule has 0 saturated carbocycles. The smallest absolute Gasteiger partial charge is 0.345 e. The number of nitro benzene ring substituents is 1. The molecule has 0 aromatic heterocycles. The van der Waals surface area contributed by atoms with Crippen LogP contribution in [-0.2, 0) is 9.53 Å². The molecule has 148 valence electrons. The fraction of sp³-hybridized carbons (Fsp3) is 0.222. The molecule has 1 amide bonds. The molecular formula is C18H17FN2O7. The molecule has 1 N–H and O–H groups in total. The van der Waals surface area contributed by atoms with E-state index in [4.69, 9.17) is 14.2 Å². The van der Waals surface area contributed by atoms with E-state index in [2.05, 4.69) is 5.32 Å². The molecule has 0 atom stereocenters. The number of nitro groups is 1. The number of nitrogens with one attached hydrogen (secondary N) is 1. The Bertz CT molecular complexity index is 930. The van der Waals surface area contributed by atoms with Crippen LogP contribution < -0.4 is 14.8 Å². The summed E-state index contributed by atoms with van der Waals surface area (Å²) in [5, 5.41) is 13.6. The number of benzene rings is 2. The summed E-state index contributed by atoms with van der Waals surface area (Å²) >= 11 is 0. The molecule has 0 spiro atoms. The number of hydrogen-bond donors (Lipinski definition) is 1. The zero-order chi connectivity index (χ0) is 20.8. The second-order valence-corrected chi connectivity index (χ2v) is 5.57. The Morgan fingerprint density at radius 2 is 1.79 bits per heavy atom. The predicted molar refractivity (Wildman–Crippen MR) is 96.2 cm³/mol. The van der Waals surface area contributed by atoms with Crippen molar-refractivity contribution in [3.8, 4) is 11.5 Å². The molecule has 0 saturated heterocycles. The standard InChI is InChI=1S/C18H17FN2O7/c1-10-4-5-11(19)6-13(10)20-17(22)9-28-18(23)12-7-15(26-2)16(27-3)8-14(12)21(24)25/h4-8H,9H2,1-3H3,(H,20,22). The van der Waals surface area contributed by atoms with Gasteiger partial charge in [0.05, 0.1) is 25.2 Å². The maximum absolute atomic E-state index is 13.3. The second kappa shape index (κ2) is 8.80. The van der Waals surface area contributed by atoms with Gasteiger partial charge in [0.1, 0.15) is 11.4 Å². The first-order valence-electron chi connectivity index (χ1n) is 7.90. The molecule has 28 heavy (non-hydrogen) atoms. The largest absolute Gasteiger partial charge is 0.493 e. The van der Waals surface area contributed by atoms with Crippen molar-refractivity contribution < 1.29 is 33.1 Å². The van der Waals surface area contributed by atoms with E-state index in [-0.39, 0.29) is 17.2 Å². The van der Waals surface area contributed by atoms with Crippen LogP contribution in [-0.4, -0.2) is 37.6 Å².